The van der Waals surface area contributed by atoms with E-state index in [1.165, 1.54) is 14.7 Å². The predicted octanol–water partition coefficient (Wildman–Crippen LogP) is 4.04. The molecule has 2 heterocycles. The van der Waals surface area contributed by atoms with Crippen LogP contribution in [0.5, 0.6) is 5.75 Å². The number of fused-ring (bicyclic) bond motifs is 1. The Morgan fingerprint density at radius 2 is 1.79 bits per heavy atom. The first kappa shape index (κ1) is 15.4. The highest BCUT2D eigenvalue weighted by Gasteiger charge is 2.29. The van der Waals surface area contributed by atoms with Gasteiger partial charge in [-0.25, -0.2) is 4.68 Å². The Balaban J connectivity index is 1.69. The number of halogens is 1. The Labute approximate surface area is 154 Å². The van der Waals surface area contributed by atoms with E-state index in [9.17, 15) is 0 Å². The van der Waals surface area contributed by atoms with Crippen molar-refractivity contribution in [1.29, 1.82) is 0 Å². The second kappa shape index (κ2) is 6.43. The van der Waals surface area contributed by atoms with E-state index >= 15 is 0 Å². The first-order chi connectivity index (χ1) is 11.7. The summed E-state index contributed by atoms with van der Waals surface area (Å²) in [5.41, 5.74) is 2.47. The van der Waals surface area contributed by atoms with E-state index < -0.39 is 0 Å². The molecule has 3 aromatic rings. The van der Waals surface area contributed by atoms with Crippen molar-refractivity contribution in [3.63, 3.8) is 0 Å². The monoisotopic (exact) mass is 432 g/mol. The average molecular weight is 432 g/mol. The van der Waals surface area contributed by atoms with Gasteiger partial charge in [0.05, 0.1) is 19.2 Å². The molecule has 24 heavy (non-hydrogen) atoms. The van der Waals surface area contributed by atoms with Crippen LogP contribution in [0.15, 0.2) is 54.9 Å². The molecule has 4 rings (SSSR count). The Morgan fingerprint density at radius 3 is 2.50 bits per heavy atom. The quantitative estimate of drug-likeness (QED) is 0.635. The fraction of sp³-hybridized carbons (Fsp3) is 0.222. The standard InChI is InChI=1S/C18H17IN4O/c1-24-15-8-4-13(5-9-15)17-10-16(12-2-6-14(19)7-3-12)22-18-20-11-21-23(17)18/h2-9,11,16-17H,10H2,1H3,(H,20,21,22)/t16-,17+/m0/s1. The summed E-state index contributed by atoms with van der Waals surface area (Å²) in [6, 6.07) is 17.2. The summed E-state index contributed by atoms with van der Waals surface area (Å²) in [6.07, 6.45) is 2.53. The number of benzene rings is 2. The Morgan fingerprint density at radius 1 is 1.08 bits per heavy atom. The van der Waals surface area contributed by atoms with Gasteiger partial charge in [-0.05, 0) is 64.4 Å². The van der Waals surface area contributed by atoms with Crippen molar-refractivity contribution in [2.75, 3.05) is 12.4 Å². The van der Waals surface area contributed by atoms with Gasteiger partial charge in [0, 0.05) is 3.57 Å². The van der Waals surface area contributed by atoms with E-state index in [2.05, 4.69) is 74.4 Å². The number of nitrogens with one attached hydrogen (secondary N) is 1. The van der Waals surface area contributed by atoms with Gasteiger partial charge in [0.2, 0.25) is 5.95 Å². The van der Waals surface area contributed by atoms with Gasteiger partial charge in [0.1, 0.15) is 12.1 Å². The predicted molar refractivity (Wildman–Crippen MR) is 101 cm³/mol. The number of ether oxygens (including phenoxy) is 1. The number of anilines is 1. The molecule has 2 atom stereocenters. The van der Waals surface area contributed by atoms with E-state index in [0.29, 0.717) is 0 Å². The third-order valence-electron chi connectivity index (χ3n) is 4.40. The molecule has 0 aliphatic carbocycles. The first-order valence-corrected chi connectivity index (χ1v) is 8.88. The molecule has 1 aliphatic rings. The molecule has 6 heteroatoms. The van der Waals surface area contributed by atoms with Crippen LogP contribution in [0, 0.1) is 3.57 Å². The fourth-order valence-electron chi connectivity index (χ4n) is 3.14. The molecule has 1 aliphatic heterocycles. The number of rotatable bonds is 3. The molecule has 0 bridgehead atoms. The van der Waals surface area contributed by atoms with Crippen molar-refractivity contribution in [1.82, 2.24) is 14.8 Å². The number of hydrogen-bond donors (Lipinski definition) is 1. The lowest BCUT2D eigenvalue weighted by Gasteiger charge is -2.32. The van der Waals surface area contributed by atoms with Crippen LogP contribution in [0.1, 0.15) is 29.6 Å². The largest absolute Gasteiger partial charge is 0.497 e. The Kier molecular flexibility index (Phi) is 4.13. The van der Waals surface area contributed by atoms with Gasteiger partial charge in [-0.1, -0.05) is 24.3 Å². The SMILES string of the molecule is COc1ccc([C@H]2C[C@@H](c3ccc(I)cc3)Nc3ncnn32)cc1. The van der Waals surface area contributed by atoms with Crippen molar-refractivity contribution in [2.45, 2.75) is 18.5 Å². The highest BCUT2D eigenvalue weighted by atomic mass is 127. The number of aromatic nitrogens is 3. The van der Waals surface area contributed by atoms with Crippen molar-refractivity contribution in [3.05, 3.63) is 69.6 Å². The summed E-state index contributed by atoms with van der Waals surface area (Å²) >= 11 is 2.33. The highest BCUT2D eigenvalue weighted by molar-refractivity contribution is 14.1. The maximum absolute atomic E-state index is 5.26. The van der Waals surface area contributed by atoms with Gasteiger partial charge in [0.25, 0.3) is 0 Å². The molecular formula is C18H17IN4O. The third kappa shape index (κ3) is 2.86. The van der Waals surface area contributed by atoms with E-state index in [0.717, 1.165) is 18.1 Å². The minimum atomic E-state index is 0.152. The zero-order valence-corrected chi connectivity index (χ0v) is 15.3. The molecule has 0 amide bonds. The van der Waals surface area contributed by atoms with Crippen molar-refractivity contribution >= 4 is 28.5 Å². The Bertz CT molecular complexity index is 829. The lowest BCUT2D eigenvalue weighted by molar-refractivity contribution is 0.411. The summed E-state index contributed by atoms with van der Waals surface area (Å²) in [5.74, 6) is 1.67. The van der Waals surface area contributed by atoms with Gasteiger partial charge in [-0.3, -0.25) is 0 Å². The third-order valence-corrected chi connectivity index (χ3v) is 5.12. The second-order valence-corrected chi connectivity index (χ2v) is 7.05. The summed E-state index contributed by atoms with van der Waals surface area (Å²) in [4.78, 5) is 4.37. The topological polar surface area (TPSA) is 52.0 Å². The summed E-state index contributed by atoms with van der Waals surface area (Å²) in [5, 5.41) is 7.91. The van der Waals surface area contributed by atoms with Gasteiger partial charge >= 0.3 is 0 Å². The molecule has 5 nitrogen and oxygen atoms in total. The highest BCUT2D eigenvalue weighted by Crippen LogP contribution is 2.37. The summed E-state index contributed by atoms with van der Waals surface area (Å²) in [7, 11) is 1.68. The van der Waals surface area contributed by atoms with Crippen LogP contribution in [0.4, 0.5) is 5.95 Å². The van der Waals surface area contributed by atoms with E-state index in [1.54, 1.807) is 13.4 Å². The summed E-state index contributed by atoms with van der Waals surface area (Å²) < 4.78 is 8.47. The molecule has 0 saturated heterocycles. The van der Waals surface area contributed by atoms with Crippen LogP contribution in [-0.4, -0.2) is 21.9 Å². The first-order valence-electron chi connectivity index (χ1n) is 7.80. The van der Waals surface area contributed by atoms with Crippen LogP contribution in [0.25, 0.3) is 0 Å². The maximum Gasteiger partial charge on any atom is 0.222 e. The number of hydrogen-bond acceptors (Lipinski definition) is 4. The van der Waals surface area contributed by atoms with Crippen molar-refractivity contribution in [3.8, 4) is 5.75 Å². The fourth-order valence-corrected chi connectivity index (χ4v) is 3.50. The molecule has 0 saturated carbocycles. The smallest absolute Gasteiger partial charge is 0.222 e. The Hall–Kier alpha value is -2.09. The normalized spacial score (nSPS) is 19.4. The molecule has 1 N–H and O–H groups in total. The molecule has 0 fully saturated rings. The molecule has 1 aromatic heterocycles. The molecule has 0 unspecified atom stereocenters. The van der Waals surface area contributed by atoms with Crippen LogP contribution in [-0.2, 0) is 0 Å². The zero-order chi connectivity index (χ0) is 16.5. The van der Waals surface area contributed by atoms with Gasteiger partial charge < -0.3 is 10.1 Å². The van der Waals surface area contributed by atoms with Crippen LogP contribution in [0.3, 0.4) is 0 Å². The zero-order valence-electron chi connectivity index (χ0n) is 13.2. The van der Waals surface area contributed by atoms with E-state index in [1.807, 2.05) is 16.8 Å². The van der Waals surface area contributed by atoms with Gasteiger partial charge in [-0.15, -0.1) is 0 Å². The summed E-state index contributed by atoms with van der Waals surface area (Å²) in [6.45, 7) is 0. The minimum Gasteiger partial charge on any atom is -0.497 e. The van der Waals surface area contributed by atoms with Crippen LogP contribution >= 0.6 is 22.6 Å². The number of methoxy groups -OCH3 is 1. The van der Waals surface area contributed by atoms with Crippen LogP contribution < -0.4 is 10.1 Å². The molecule has 2 aromatic carbocycles. The minimum absolute atomic E-state index is 0.152. The van der Waals surface area contributed by atoms with Gasteiger partial charge in [-0.2, -0.15) is 10.1 Å². The lowest BCUT2D eigenvalue weighted by atomic mass is 9.93. The van der Waals surface area contributed by atoms with E-state index in [4.69, 9.17) is 4.74 Å². The van der Waals surface area contributed by atoms with E-state index in [-0.39, 0.29) is 12.1 Å². The van der Waals surface area contributed by atoms with Crippen molar-refractivity contribution < 1.29 is 4.74 Å². The maximum atomic E-state index is 5.26. The van der Waals surface area contributed by atoms with Crippen LogP contribution in [0.2, 0.25) is 0 Å². The average Bonchev–Trinajstić information content (AvgIpc) is 3.10. The van der Waals surface area contributed by atoms with Crippen molar-refractivity contribution in [2.24, 2.45) is 0 Å². The molecule has 0 spiro atoms. The number of nitrogens with zero attached hydrogens (tertiary/aromatic N) is 3. The lowest BCUT2D eigenvalue weighted by Crippen LogP contribution is -2.28. The molecule has 122 valence electrons. The molecular weight excluding hydrogens is 415 g/mol. The molecule has 0 radical (unpaired) electrons. The second-order valence-electron chi connectivity index (χ2n) is 5.80. The van der Waals surface area contributed by atoms with Gasteiger partial charge in [0.15, 0.2) is 0 Å².